The van der Waals surface area contributed by atoms with E-state index in [1.807, 2.05) is 13.1 Å². The van der Waals surface area contributed by atoms with Gasteiger partial charge in [0.2, 0.25) is 0 Å². The van der Waals surface area contributed by atoms with Gasteiger partial charge in [-0.3, -0.25) is 19.1 Å². The van der Waals surface area contributed by atoms with Crippen LogP contribution < -0.4 is 16.2 Å². The van der Waals surface area contributed by atoms with Crippen molar-refractivity contribution in [2.24, 2.45) is 7.05 Å². The summed E-state index contributed by atoms with van der Waals surface area (Å²) in [6, 6.07) is 5.78. The van der Waals surface area contributed by atoms with Gasteiger partial charge in [0, 0.05) is 44.0 Å². The van der Waals surface area contributed by atoms with E-state index in [9.17, 15) is 13.6 Å². The molecular weight excluding hydrogens is 430 g/mol. The molecule has 1 fully saturated rings. The van der Waals surface area contributed by atoms with Crippen molar-refractivity contribution >= 4 is 22.5 Å². The van der Waals surface area contributed by atoms with Crippen LogP contribution in [0.3, 0.4) is 0 Å². The second-order valence-electron chi connectivity index (χ2n) is 8.51. The predicted molar refractivity (Wildman–Crippen MR) is 123 cm³/mol. The second kappa shape index (κ2) is 7.69. The number of hydrogen-bond donors (Lipinski definition) is 2. The highest BCUT2D eigenvalue weighted by Gasteiger charge is 2.27. The van der Waals surface area contributed by atoms with Crippen LogP contribution in [0.5, 0.6) is 0 Å². The zero-order valence-electron chi connectivity index (χ0n) is 18.5. The average Bonchev–Trinajstić information content (AvgIpc) is 3.48. The van der Waals surface area contributed by atoms with Crippen molar-refractivity contribution in [2.45, 2.75) is 12.5 Å². The third kappa shape index (κ3) is 3.35. The number of hydrogen-bond acceptors (Lipinski definition) is 6. The summed E-state index contributed by atoms with van der Waals surface area (Å²) >= 11 is 0. The third-order valence-electron chi connectivity index (χ3n) is 6.28. The Morgan fingerprint density at radius 2 is 1.97 bits per heavy atom. The van der Waals surface area contributed by atoms with Gasteiger partial charge in [-0.05, 0) is 32.6 Å². The zero-order chi connectivity index (χ0) is 23.4. The molecule has 172 valence electrons. The lowest BCUT2D eigenvalue weighted by molar-refractivity contribution is 0.315. The summed E-state index contributed by atoms with van der Waals surface area (Å²) in [5.41, 5.74) is 6.15. The van der Waals surface area contributed by atoms with Gasteiger partial charge < -0.3 is 15.5 Å². The maximum absolute atomic E-state index is 14.6. The number of nitrogens with zero attached hydrogens (tertiary/aromatic N) is 6. The van der Waals surface area contributed by atoms with Crippen LogP contribution in [0.1, 0.15) is 6.42 Å². The van der Waals surface area contributed by atoms with E-state index < -0.39 is 22.9 Å². The standard InChI is InChI=1S/C22H24F2N8O/c1-29(2)12-7-8-31(10-12)17-9-16(28-30(17)3)13-11-32(20-14(23)5-4-6-15(20)24)22(33)18-19(13)26-27-21(18)25/h4-6,9,11-12H,7-8,10H2,1-3H3,(H3,25,26,27)/t12-/m1/s1. The number of nitrogens with one attached hydrogen (secondary N) is 1. The van der Waals surface area contributed by atoms with Crippen LogP contribution >= 0.6 is 0 Å². The summed E-state index contributed by atoms with van der Waals surface area (Å²) in [6.07, 6.45) is 2.41. The molecule has 0 spiro atoms. The quantitative estimate of drug-likeness (QED) is 0.490. The lowest BCUT2D eigenvalue weighted by atomic mass is 10.1. The van der Waals surface area contributed by atoms with Crippen molar-refractivity contribution in [3.05, 3.63) is 52.5 Å². The summed E-state index contributed by atoms with van der Waals surface area (Å²) in [5, 5.41) is 11.4. The summed E-state index contributed by atoms with van der Waals surface area (Å²) in [4.78, 5) is 17.6. The maximum atomic E-state index is 14.6. The highest BCUT2D eigenvalue weighted by molar-refractivity contribution is 5.98. The van der Waals surface area contributed by atoms with Gasteiger partial charge in [0.15, 0.2) is 5.82 Å². The molecule has 4 heterocycles. The first-order valence-corrected chi connectivity index (χ1v) is 10.6. The Balaban J connectivity index is 1.69. The summed E-state index contributed by atoms with van der Waals surface area (Å²) < 4.78 is 31.8. The van der Waals surface area contributed by atoms with Crippen molar-refractivity contribution in [2.75, 3.05) is 37.8 Å². The Morgan fingerprint density at radius 3 is 2.64 bits per heavy atom. The molecule has 0 bridgehead atoms. The maximum Gasteiger partial charge on any atom is 0.268 e. The number of nitrogens with two attached hydrogens (primary N) is 1. The number of likely N-dealkylation sites (N-methyl/N-ethyl adjacent to an activating group) is 1. The van der Waals surface area contributed by atoms with Gasteiger partial charge in [0.1, 0.15) is 28.5 Å². The molecule has 1 aromatic carbocycles. The van der Waals surface area contributed by atoms with Crippen molar-refractivity contribution in [1.82, 2.24) is 29.4 Å². The molecule has 1 atom stereocenters. The molecule has 0 radical (unpaired) electrons. The number of H-pyrrole nitrogens is 1. The summed E-state index contributed by atoms with van der Waals surface area (Å²) in [7, 11) is 5.97. The molecule has 11 heteroatoms. The fourth-order valence-electron chi connectivity index (χ4n) is 4.48. The number of fused-ring (bicyclic) bond motifs is 1. The number of pyridine rings is 1. The monoisotopic (exact) mass is 454 g/mol. The Kier molecular flexibility index (Phi) is 4.93. The topological polar surface area (TPSA) is 101 Å². The van der Waals surface area contributed by atoms with E-state index >= 15 is 0 Å². The van der Waals surface area contributed by atoms with Crippen molar-refractivity contribution < 1.29 is 8.78 Å². The minimum Gasteiger partial charge on any atom is -0.382 e. The van der Waals surface area contributed by atoms with E-state index in [1.54, 1.807) is 4.68 Å². The van der Waals surface area contributed by atoms with Crippen molar-refractivity contribution in [3.63, 3.8) is 0 Å². The number of rotatable bonds is 4. The Bertz CT molecular complexity index is 1400. The normalized spacial score (nSPS) is 16.4. The molecule has 1 saturated heterocycles. The molecule has 1 aliphatic rings. The number of para-hydroxylation sites is 1. The van der Waals surface area contributed by atoms with E-state index in [4.69, 9.17) is 5.73 Å². The molecule has 0 saturated carbocycles. The first-order valence-electron chi connectivity index (χ1n) is 10.6. The molecule has 1 aliphatic heterocycles. The van der Waals surface area contributed by atoms with Gasteiger partial charge in [-0.1, -0.05) is 6.07 Å². The summed E-state index contributed by atoms with van der Waals surface area (Å²) in [5.74, 6) is -0.868. The van der Waals surface area contributed by atoms with Crippen LogP contribution in [0.4, 0.5) is 20.4 Å². The Morgan fingerprint density at radius 1 is 1.24 bits per heavy atom. The molecule has 5 rings (SSSR count). The molecule has 0 unspecified atom stereocenters. The third-order valence-corrected chi connectivity index (χ3v) is 6.28. The second-order valence-corrected chi connectivity index (χ2v) is 8.51. The number of aromatic nitrogens is 5. The molecule has 33 heavy (non-hydrogen) atoms. The molecular formula is C22H24F2N8O. The SMILES string of the molecule is CN(C)[C@@H]1CCN(c2cc(-c3cn(-c4c(F)cccc4F)c(=O)c4c(N)n[nH]c34)nn2C)C1. The molecule has 9 nitrogen and oxygen atoms in total. The predicted octanol–water partition coefficient (Wildman–Crippen LogP) is 2.11. The van der Waals surface area contributed by atoms with Gasteiger partial charge >= 0.3 is 0 Å². The number of nitrogen functional groups attached to an aromatic ring is 1. The minimum absolute atomic E-state index is 0.0492. The van der Waals surface area contributed by atoms with Gasteiger partial charge in [0.25, 0.3) is 5.56 Å². The van der Waals surface area contributed by atoms with E-state index in [2.05, 4.69) is 39.2 Å². The number of halogens is 2. The smallest absolute Gasteiger partial charge is 0.268 e. The van der Waals surface area contributed by atoms with E-state index in [1.165, 1.54) is 12.3 Å². The molecule has 3 aromatic heterocycles. The molecule has 0 amide bonds. The lowest BCUT2D eigenvalue weighted by Crippen LogP contribution is -2.32. The molecule has 4 aromatic rings. The number of aryl methyl sites for hydroxylation is 1. The molecule has 3 N–H and O–H groups in total. The zero-order valence-corrected chi connectivity index (χ0v) is 18.5. The fourth-order valence-corrected chi connectivity index (χ4v) is 4.48. The van der Waals surface area contributed by atoms with E-state index in [0.717, 1.165) is 42.0 Å². The van der Waals surface area contributed by atoms with Crippen molar-refractivity contribution in [1.29, 1.82) is 0 Å². The number of benzene rings is 1. The fraction of sp³-hybridized carbons (Fsp3) is 0.318. The molecule has 0 aliphatic carbocycles. The van der Waals surface area contributed by atoms with E-state index in [0.29, 0.717) is 22.8 Å². The van der Waals surface area contributed by atoms with Gasteiger partial charge in [-0.25, -0.2) is 8.78 Å². The lowest BCUT2D eigenvalue weighted by Gasteiger charge is -2.21. The number of aromatic amines is 1. The van der Waals surface area contributed by atoms with Crippen LogP contribution in [0.2, 0.25) is 0 Å². The first-order chi connectivity index (χ1) is 15.8. The highest BCUT2D eigenvalue weighted by atomic mass is 19.1. The number of anilines is 2. The van der Waals surface area contributed by atoms with Gasteiger partial charge in [0.05, 0.1) is 11.2 Å². The van der Waals surface area contributed by atoms with Crippen LogP contribution in [-0.4, -0.2) is 62.7 Å². The van der Waals surface area contributed by atoms with Gasteiger partial charge in [-0.15, -0.1) is 0 Å². The Labute approximate surface area is 188 Å². The first kappa shape index (κ1) is 21.1. The summed E-state index contributed by atoms with van der Waals surface area (Å²) in [6.45, 7) is 1.74. The largest absolute Gasteiger partial charge is 0.382 e. The van der Waals surface area contributed by atoms with Crippen LogP contribution in [0, 0.1) is 11.6 Å². The minimum atomic E-state index is -0.863. The van der Waals surface area contributed by atoms with E-state index in [-0.39, 0.29) is 11.2 Å². The van der Waals surface area contributed by atoms with Crippen LogP contribution in [-0.2, 0) is 7.05 Å². The van der Waals surface area contributed by atoms with Crippen molar-refractivity contribution in [3.8, 4) is 16.9 Å². The Hall–Kier alpha value is -3.73. The van der Waals surface area contributed by atoms with Crippen LogP contribution in [0.25, 0.3) is 27.8 Å². The average molecular weight is 454 g/mol. The van der Waals surface area contributed by atoms with Crippen LogP contribution in [0.15, 0.2) is 35.3 Å². The van der Waals surface area contributed by atoms with Gasteiger partial charge in [-0.2, -0.15) is 10.2 Å². The highest BCUT2D eigenvalue weighted by Crippen LogP contribution is 2.32.